The highest BCUT2D eigenvalue weighted by Crippen LogP contribution is 2.52. The van der Waals surface area contributed by atoms with Crippen LogP contribution in [0.5, 0.6) is 5.75 Å². The number of carboxylic acid groups (broad SMARTS) is 1. The SMILES string of the molecule is COc1ccc(C)cc1S(=O)(=O)NC1(C(=O)O)CC1c1ccccc1. The second-order valence-electron chi connectivity index (χ2n) is 6.20. The number of carbonyl (C=O) groups is 1. The van der Waals surface area contributed by atoms with Crippen molar-refractivity contribution in [3.8, 4) is 5.75 Å². The van der Waals surface area contributed by atoms with Crippen LogP contribution in [0.1, 0.15) is 23.5 Å². The predicted molar refractivity (Wildman–Crippen MR) is 92.2 cm³/mol. The molecule has 2 N–H and O–H groups in total. The summed E-state index contributed by atoms with van der Waals surface area (Å²) in [5.74, 6) is -1.41. The molecule has 25 heavy (non-hydrogen) atoms. The highest BCUT2D eigenvalue weighted by atomic mass is 32.2. The minimum atomic E-state index is -4.06. The molecule has 0 heterocycles. The van der Waals surface area contributed by atoms with Crippen LogP contribution in [0.15, 0.2) is 53.4 Å². The van der Waals surface area contributed by atoms with E-state index in [1.165, 1.54) is 13.2 Å². The Labute approximate surface area is 146 Å². The van der Waals surface area contributed by atoms with Gasteiger partial charge in [0.05, 0.1) is 7.11 Å². The van der Waals surface area contributed by atoms with Gasteiger partial charge in [0.2, 0.25) is 10.0 Å². The number of nitrogens with one attached hydrogen (secondary N) is 1. The summed E-state index contributed by atoms with van der Waals surface area (Å²) in [5.41, 5.74) is -0.000605. The molecule has 2 atom stereocenters. The van der Waals surface area contributed by atoms with Crippen LogP contribution < -0.4 is 9.46 Å². The molecular weight excluding hydrogens is 342 g/mol. The Hall–Kier alpha value is -2.38. The maximum atomic E-state index is 12.8. The topological polar surface area (TPSA) is 92.7 Å². The third-order valence-corrected chi connectivity index (χ3v) is 6.00. The van der Waals surface area contributed by atoms with Gasteiger partial charge in [-0.2, -0.15) is 4.72 Å². The zero-order valence-corrected chi connectivity index (χ0v) is 14.7. The predicted octanol–water partition coefficient (Wildman–Crippen LogP) is 2.29. The summed E-state index contributed by atoms with van der Waals surface area (Å²) in [4.78, 5) is 11.8. The van der Waals surface area contributed by atoms with Crippen molar-refractivity contribution in [1.29, 1.82) is 0 Å². The minimum absolute atomic E-state index is 0.0608. The molecule has 2 aromatic carbocycles. The second-order valence-corrected chi connectivity index (χ2v) is 7.85. The molecule has 1 aliphatic rings. The van der Waals surface area contributed by atoms with Crippen LogP contribution in [0.25, 0.3) is 0 Å². The number of hydrogen-bond acceptors (Lipinski definition) is 4. The highest BCUT2D eigenvalue weighted by Gasteiger charge is 2.63. The van der Waals surface area contributed by atoms with Crippen molar-refractivity contribution in [2.24, 2.45) is 0 Å². The van der Waals surface area contributed by atoms with Crippen molar-refractivity contribution in [1.82, 2.24) is 4.72 Å². The normalized spacial score (nSPS) is 22.4. The Morgan fingerprint density at radius 1 is 1.24 bits per heavy atom. The van der Waals surface area contributed by atoms with E-state index in [0.717, 1.165) is 11.1 Å². The summed E-state index contributed by atoms with van der Waals surface area (Å²) in [6.07, 6.45) is 0.208. The first-order valence-corrected chi connectivity index (χ1v) is 9.25. The number of hydrogen-bond donors (Lipinski definition) is 2. The third kappa shape index (κ3) is 3.12. The monoisotopic (exact) mass is 361 g/mol. The fourth-order valence-electron chi connectivity index (χ4n) is 3.03. The quantitative estimate of drug-likeness (QED) is 0.823. The number of sulfonamides is 1. The Kier molecular flexibility index (Phi) is 4.30. The summed E-state index contributed by atoms with van der Waals surface area (Å²) >= 11 is 0. The Morgan fingerprint density at radius 3 is 2.52 bits per heavy atom. The van der Waals surface area contributed by atoms with E-state index in [1.807, 2.05) is 6.07 Å². The number of rotatable bonds is 6. The van der Waals surface area contributed by atoms with Crippen molar-refractivity contribution in [2.75, 3.05) is 7.11 Å². The summed E-state index contributed by atoms with van der Waals surface area (Å²) in [5, 5.41) is 9.67. The van der Waals surface area contributed by atoms with Gasteiger partial charge in [-0.1, -0.05) is 36.4 Å². The lowest BCUT2D eigenvalue weighted by Crippen LogP contribution is -2.44. The smallest absolute Gasteiger partial charge is 0.325 e. The lowest BCUT2D eigenvalue weighted by atomic mass is 10.1. The highest BCUT2D eigenvalue weighted by molar-refractivity contribution is 7.89. The minimum Gasteiger partial charge on any atom is -0.495 e. The first-order valence-electron chi connectivity index (χ1n) is 7.77. The maximum Gasteiger partial charge on any atom is 0.325 e. The number of carboxylic acids is 1. The van der Waals surface area contributed by atoms with E-state index >= 15 is 0 Å². The Balaban J connectivity index is 1.97. The largest absolute Gasteiger partial charge is 0.495 e. The van der Waals surface area contributed by atoms with E-state index in [2.05, 4.69) is 4.72 Å². The van der Waals surface area contributed by atoms with Crippen LogP contribution in [0, 0.1) is 6.92 Å². The van der Waals surface area contributed by atoms with Crippen LogP contribution in [0.4, 0.5) is 0 Å². The van der Waals surface area contributed by atoms with Crippen molar-refractivity contribution in [3.63, 3.8) is 0 Å². The molecule has 0 spiro atoms. The van der Waals surface area contributed by atoms with Gasteiger partial charge >= 0.3 is 5.97 Å². The van der Waals surface area contributed by atoms with E-state index in [4.69, 9.17) is 4.74 Å². The number of aryl methyl sites for hydroxylation is 1. The molecule has 132 valence electrons. The average molecular weight is 361 g/mol. The molecule has 7 heteroatoms. The van der Waals surface area contributed by atoms with E-state index in [0.29, 0.717) is 0 Å². The van der Waals surface area contributed by atoms with Crippen LogP contribution in [-0.4, -0.2) is 32.1 Å². The molecule has 6 nitrogen and oxygen atoms in total. The number of aliphatic carboxylic acids is 1. The molecule has 0 amide bonds. The summed E-state index contributed by atoms with van der Waals surface area (Å²) in [6, 6.07) is 13.8. The van der Waals surface area contributed by atoms with Crippen LogP contribution in [0.3, 0.4) is 0 Å². The van der Waals surface area contributed by atoms with Crippen molar-refractivity contribution < 1.29 is 23.1 Å². The fourth-order valence-corrected chi connectivity index (χ4v) is 4.69. The van der Waals surface area contributed by atoms with E-state index in [9.17, 15) is 18.3 Å². The van der Waals surface area contributed by atoms with E-state index in [-0.39, 0.29) is 17.1 Å². The van der Waals surface area contributed by atoms with Crippen molar-refractivity contribution in [3.05, 3.63) is 59.7 Å². The first-order chi connectivity index (χ1) is 11.8. The average Bonchev–Trinajstić information content (AvgIpc) is 3.30. The van der Waals surface area contributed by atoms with Crippen molar-refractivity contribution >= 4 is 16.0 Å². The van der Waals surface area contributed by atoms with Gasteiger partial charge in [-0.3, -0.25) is 4.79 Å². The second kappa shape index (κ2) is 6.16. The maximum absolute atomic E-state index is 12.8. The Bertz CT molecular complexity index is 910. The number of methoxy groups -OCH3 is 1. The summed E-state index contributed by atoms with van der Waals surface area (Å²) < 4.78 is 33.2. The van der Waals surface area contributed by atoms with Gasteiger partial charge in [-0.05, 0) is 36.6 Å². The molecule has 0 bridgehead atoms. The van der Waals surface area contributed by atoms with Crippen molar-refractivity contribution in [2.45, 2.75) is 29.7 Å². The third-order valence-electron chi connectivity index (χ3n) is 4.47. The standard InChI is InChI=1S/C18H19NO5S/c1-12-8-9-15(24-2)16(10-12)25(22,23)19-18(17(20)21)11-14(18)13-6-4-3-5-7-13/h3-10,14,19H,11H2,1-2H3,(H,20,21). The van der Waals surface area contributed by atoms with E-state index in [1.54, 1.807) is 43.3 Å². The van der Waals surface area contributed by atoms with Gasteiger partial charge in [0, 0.05) is 5.92 Å². The van der Waals surface area contributed by atoms with Gasteiger partial charge in [0.1, 0.15) is 16.2 Å². The molecule has 3 rings (SSSR count). The molecule has 0 saturated heterocycles. The molecule has 2 aromatic rings. The number of ether oxygens (including phenoxy) is 1. The molecule has 1 fully saturated rings. The van der Waals surface area contributed by atoms with Gasteiger partial charge in [0.25, 0.3) is 0 Å². The molecular formula is C18H19NO5S. The molecule has 0 aliphatic heterocycles. The lowest BCUT2D eigenvalue weighted by Gasteiger charge is -2.17. The first kappa shape index (κ1) is 17.4. The summed E-state index contributed by atoms with van der Waals surface area (Å²) in [6.45, 7) is 1.76. The van der Waals surface area contributed by atoms with Gasteiger partial charge in [0.15, 0.2) is 0 Å². The van der Waals surface area contributed by atoms with Crippen LogP contribution in [0.2, 0.25) is 0 Å². The molecule has 2 unspecified atom stereocenters. The zero-order chi connectivity index (χ0) is 18.2. The molecule has 1 aliphatic carbocycles. The lowest BCUT2D eigenvalue weighted by molar-refractivity contribution is -0.140. The molecule has 0 radical (unpaired) electrons. The van der Waals surface area contributed by atoms with Gasteiger partial charge in [-0.15, -0.1) is 0 Å². The Morgan fingerprint density at radius 2 is 1.92 bits per heavy atom. The summed E-state index contributed by atoms with van der Waals surface area (Å²) in [7, 11) is -2.69. The fraction of sp³-hybridized carbons (Fsp3) is 0.278. The number of benzene rings is 2. The van der Waals surface area contributed by atoms with Gasteiger partial charge < -0.3 is 9.84 Å². The van der Waals surface area contributed by atoms with Gasteiger partial charge in [-0.25, -0.2) is 8.42 Å². The zero-order valence-electron chi connectivity index (χ0n) is 13.9. The van der Waals surface area contributed by atoms with E-state index < -0.39 is 27.4 Å². The molecule has 0 aromatic heterocycles. The van der Waals surface area contributed by atoms with Crippen LogP contribution >= 0.6 is 0 Å². The molecule has 1 saturated carbocycles. The van der Waals surface area contributed by atoms with Crippen LogP contribution in [-0.2, 0) is 14.8 Å².